The van der Waals surface area contributed by atoms with E-state index >= 15 is 0 Å². The van der Waals surface area contributed by atoms with Gasteiger partial charge in [-0.3, -0.25) is 14.4 Å². The fourth-order valence-corrected chi connectivity index (χ4v) is 7.27. The van der Waals surface area contributed by atoms with Gasteiger partial charge >= 0.3 is 0 Å². The third-order valence-electron chi connectivity index (χ3n) is 10.6. The van der Waals surface area contributed by atoms with Gasteiger partial charge in [-0.15, -0.1) is 0 Å². The summed E-state index contributed by atoms with van der Waals surface area (Å²) in [6.45, 7) is 9.41. The van der Waals surface area contributed by atoms with Crippen molar-refractivity contribution in [3.8, 4) is 0 Å². The highest BCUT2D eigenvalue weighted by molar-refractivity contribution is 7.80. The summed E-state index contributed by atoms with van der Waals surface area (Å²) in [4.78, 5) is 41.7. The molecule has 10 heteroatoms. The summed E-state index contributed by atoms with van der Waals surface area (Å²) in [5.74, 6) is -0.800. The van der Waals surface area contributed by atoms with E-state index in [1.54, 1.807) is 7.05 Å². The number of thiocarbonyl (C=S) groups is 1. The summed E-state index contributed by atoms with van der Waals surface area (Å²) in [7, 11) is 1.78. The summed E-state index contributed by atoms with van der Waals surface area (Å²) in [6.07, 6.45) is 3.97. The van der Waals surface area contributed by atoms with Crippen molar-refractivity contribution < 1.29 is 19.5 Å². The molecule has 4 aromatic rings. The summed E-state index contributed by atoms with van der Waals surface area (Å²) >= 11 is 5.21. The Morgan fingerprint density at radius 1 is 0.732 bits per heavy atom. The highest BCUT2D eigenvalue weighted by Gasteiger charge is 2.31. The van der Waals surface area contributed by atoms with Crippen molar-refractivity contribution >= 4 is 56.6 Å². The summed E-state index contributed by atoms with van der Waals surface area (Å²) in [5.41, 5.74) is 2.14. The van der Waals surface area contributed by atoms with E-state index in [2.05, 4.69) is 89.0 Å². The molecule has 9 nitrogen and oxygen atoms in total. The zero-order valence-corrected chi connectivity index (χ0v) is 34.7. The number of unbranched alkanes of at least 4 members (excludes halogenated alkanes) is 2. The van der Waals surface area contributed by atoms with E-state index in [0.29, 0.717) is 56.2 Å². The van der Waals surface area contributed by atoms with E-state index in [0.717, 1.165) is 51.9 Å². The standard InChI is InChI=1S/C46H63N5O4S/c1-6-32(4)30-49-43(53)29-42(52)41(26-31(2)3)51-45(55)40(24-8-7-13-25-48-46(56)47-5)50-44(54)37(27-35-20-14-18-33-16-9-11-22-38(33)35)28-36-21-15-19-34-17-10-12-23-39(34)36/h9-12,14-23,31-32,37,40-42,52H,6-8,13,24-30H2,1-5H3,(H,49,53)(H,50,54)(H,51,55)(H2,47,48,56)/t32?,40?,41?,42-/m0/s1. The third kappa shape index (κ3) is 13.9. The molecule has 0 aliphatic rings. The zero-order chi connectivity index (χ0) is 40.5. The SMILES string of the molecule is CCC(C)CNC(=O)C[C@H](O)C(CC(C)C)NC(=O)C(CCCCCNC(=S)NC)NC(=O)C(Cc1cccc2ccccc12)Cc1cccc2ccccc12. The molecule has 56 heavy (non-hydrogen) atoms. The number of hydrogen-bond donors (Lipinski definition) is 6. The maximum atomic E-state index is 14.7. The molecule has 0 aromatic heterocycles. The average Bonchev–Trinajstić information content (AvgIpc) is 3.19. The van der Waals surface area contributed by atoms with Gasteiger partial charge < -0.3 is 31.7 Å². The Morgan fingerprint density at radius 3 is 1.89 bits per heavy atom. The maximum Gasteiger partial charge on any atom is 0.242 e. The van der Waals surface area contributed by atoms with Crippen molar-refractivity contribution in [2.45, 2.75) is 104 Å². The minimum absolute atomic E-state index is 0.120. The first kappa shape index (κ1) is 44.2. The first-order chi connectivity index (χ1) is 27.0. The molecular formula is C46H63N5O4S. The molecule has 6 N–H and O–H groups in total. The van der Waals surface area contributed by atoms with E-state index in [1.165, 1.54) is 0 Å². The van der Waals surface area contributed by atoms with Crippen LogP contribution in [0.5, 0.6) is 0 Å². The van der Waals surface area contributed by atoms with E-state index in [4.69, 9.17) is 12.2 Å². The van der Waals surface area contributed by atoms with Gasteiger partial charge in [0.1, 0.15) is 6.04 Å². The van der Waals surface area contributed by atoms with Crippen LogP contribution in [-0.2, 0) is 27.2 Å². The van der Waals surface area contributed by atoms with Crippen LogP contribution in [0, 0.1) is 17.8 Å². The number of carbonyl (C=O) groups is 3. The van der Waals surface area contributed by atoms with Crippen molar-refractivity contribution in [2.24, 2.45) is 17.8 Å². The lowest BCUT2D eigenvalue weighted by molar-refractivity contribution is -0.132. The van der Waals surface area contributed by atoms with Crippen LogP contribution in [0.3, 0.4) is 0 Å². The predicted molar refractivity (Wildman–Crippen MR) is 233 cm³/mol. The molecule has 3 unspecified atom stereocenters. The highest BCUT2D eigenvalue weighted by Crippen LogP contribution is 2.27. The second-order valence-electron chi connectivity index (χ2n) is 15.6. The highest BCUT2D eigenvalue weighted by atomic mass is 32.1. The van der Waals surface area contributed by atoms with Crippen molar-refractivity contribution in [3.63, 3.8) is 0 Å². The van der Waals surface area contributed by atoms with Crippen molar-refractivity contribution in [1.29, 1.82) is 0 Å². The number of nitrogens with one attached hydrogen (secondary N) is 5. The fraction of sp³-hybridized carbons (Fsp3) is 0.478. The number of amides is 3. The number of aliphatic hydroxyl groups excluding tert-OH is 1. The topological polar surface area (TPSA) is 132 Å². The predicted octanol–water partition coefficient (Wildman–Crippen LogP) is 6.98. The minimum Gasteiger partial charge on any atom is -0.390 e. The van der Waals surface area contributed by atoms with Crippen LogP contribution < -0.4 is 26.6 Å². The van der Waals surface area contributed by atoms with Crippen LogP contribution in [-0.4, -0.2) is 66.3 Å². The molecule has 0 saturated carbocycles. The number of aliphatic hydroxyl groups is 1. The Morgan fingerprint density at radius 2 is 1.32 bits per heavy atom. The lowest BCUT2D eigenvalue weighted by Gasteiger charge is -2.29. The lowest BCUT2D eigenvalue weighted by Crippen LogP contribution is -2.54. The monoisotopic (exact) mass is 781 g/mol. The third-order valence-corrected chi connectivity index (χ3v) is 11.0. The molecule has 0 fully saturated rings. The summed E-state index contributed by atoms with van der Waals surface area (Å²) < 4.78 is 0. The molecule has 0 heterocycles. The second-order valence-corrected chi connectivity index (χ2v) is 16.0. The number of benzene rings is 4. The second kappa shape index (κ2) is 22.9. The van der Waals surface area contributed by atoms with Crippen molar-refractivity contribution in [3.05, 3.63) is 96.1 Å². The molecule has 3 amide bonds. The van der Waals surface area contributed by atoms with Gasteiger partial charge in [0.2, 0.25) is 17.7 Å². The molecule has 4 rings (SSSR count). The molecule has 0 radical (unpaired) electrons. The van der Waals surface area contributed by atoms with Gasteiger partial charge in [0.25, 0.3) is 0 Å². The Labute approximate surface area is 339 Å². The zero-order valence-electron chi connectivity index (χ0n) is 33.9. The van der Waals surface area contributed by atoms with E-state index < -0.39 is 24.1 Å². The van der Waals surface area contributed by atoms with Crippen LogP contribution in [0.4, 0.5) is 0 Å². The van der Waals surface area contributed by atoms with Crippen LogP contribution in [0.25, 0.3) is 21.5 Å². The molecule has 4 atom stereocenters. The largest absolute Gasteiger partial charge is 0.390 e. The van der Waals surface area contributed by atoms with Gasteiger partial charge in [0, 0.05) is 26.1 Å². The molecule has 302 valence electrons. The van der Waals surface area contributed by atoms with Gasteiger partial charge in [-0.2, -0.15) is 0 Å². The molecule has 0 spiro atoms. The molecule has 0 aliphatic heterocycles. The van der Waals surface area contributed by atoms with Gasteiger partial charge in [0.15, 0.2) is 5.11 Å². The van der Waals surface area contributed by atoms with E-state index in [9.17, 15) is 19.5 Å². The van der Waals surface area contributed by atoms with E-state index in [-0.39, 0.29) is 30.1 Å². The summed E-state index contributed by atoms with van der Waals surface area (Å²) in [5, 5.41) is 31.6. The van der Waals surface area contributed by atoms with Crippen LogP contribution >= 0.6 is 12.2 Å². The van der Waals surface area contributed by atoms with Crippen molar-refractivity contribution in [2.75, 3.05) is 20.1 Å². The Hall–Kier alpha value is -4.54. The Bertz CT molecular complexity index is 1790. The first-order valence-corrected chi connectivity index (χ1v) is 20.8. The normalized spacial score (nSPS) is 13.6. The molecule has 0 saturated heterocycles. The molecular weight excluding hydrogens is 719 g/mol. The Balaban J connectivity index is 1.59. The number of hydrogen-bond acceptors (Lipinski definition) is 5. The quantitative estimate of drug-likeness (QED) is 0.0375. The van der Waals surface area contributed by atoms with Crippen LogP contribution in [0.2, 0.25) is 0 Å². The number of carbonyl (C=O) groups excluding carboxylic acids is 3. The van der Waals surface area contributed by atoms with Gasteiger partial charge in [0.05, 0.1) is 18.6 Å². The molecule has 0 bridgehead atoms. The van der Waals surface area contributed by atoms with Crippen LogP contribution in [0.15, 0.2) is 84.9 Å². The van der Waals surface area contributed by atoms with Crippen LogP contribution in [0.1, 0.15) is 83.8 Å². The van der Waals surface area contributed by atoms with Gasteiger partial charge in [-0.25, -0.2) is 0 Å². The van der Waals surface area contributed by atoms with Crippen molar-refractivity contribution in [1.82, 2.24) is 26.6 Å². The Kier molecular flexibility index (Phi) is 18.0. The average molecular weight is 782 g/mol. The number of fused-ring (bicyclic) bond motifs is 2. The summed E-state index contributed by atoms with van der Waals surface area (Å²) in [6, 6.07) is 27.3. The first-order valence-electron chi connectivity index (χ1n) is 20.4. The number of rotatable bonds is 22. The minimum atomic E-state index is -1.08. The van der Waals surface area contributed by atoms with Gasteiger partial charge in [-0.05, 0) is 88.8 Å². The molecule has 4 aromatic carbocycles. The smallest absolute Gasteiger partial charge is 0.242 e. The molecule has 0 aliphatic carbocycles. The van der Waals surface area contributed by atoms with Gasteiger partial charge in [-0.1, -0.05) is 132 Å². The van der Waals surface area contributed by atoms with E-state index in [1.807, 2.05) is 50.2 Å². The lowest BCUT2D eigenvalue weighted by atomic mass is 9.87. The fourth-order valence-electron chi connectivity index (χ4n) is 7.17. The maximum absolute atomic E-state index is 14.7.